The molecular weight excluding hydrogens is 396 g/mol. The largest absolute Gasteiger partial charge is 0.327 e. The van der Waals surface area contributed by atoms with Gasteiger partial charge in [-0.2, -0.15) is 8.78 Å². The SMILES string of the molecule is O=C(C[NH+]1CCC(C(=O)Nc2ccccc2)CC1)Nc1ccc(SC(F)F)cc1. The van der Waals surface area contributed by atoms with Crippen LogP contribution in [0.25, 0.3) is 0 Å². The number of anilines is 2. The van der Waals surface area contributed by atoms with E-state index < -0.39 is 5.76 Å². The summed E-state index contributed by atoms with van der Waals surface area (Å²) in [6.45, 7) is 1.83. The van der Waals surface area contributed by atoms with E-state index in [0.29, 0.717) is 28.9 Å². The second-order valence-corrected chi connectivity index (χ2v) is 8.07. The summed E-state index contributed by atoms with van der Waals surface area (Å²) < 4.78 is 24.7. The van der Waals surface area contributed by atoms with Gasteiger partial charge in [-0.25, -0.2) is 0 Å². The van der Waals surface area contributed by atoms with Crippen LogP contribution in [0.1, 0.15) is 12.8 Å². The molecule has 1 aliphatic heterocycles. The normalized spacial score (nSPS) is 19.0. The van der Waals surface area contributed by atoms with Gasteiger partial charge in [-0.1, -0.05) is 30.0 Å². The van der Waals surface area contributed by atoms with E-state index in [1.54, 1.807) is 24.3 Å². The van der Waals surface area contributed by atoms with Crippen molar-refractivity contribution in [3.8, 4) is 0 Å². The number of benzene rings is 2. The topological polar surface area (TPSA) is 62.6 Å². The van der Waals surface area contributed by atoms with E-state index in [1.165, 1.54) is 0 Å². The Morgan fingerprint density at radius 3 is 2.21 bits per heavy atom. The molecule has 1 fully saturated rings. The Bertz CT molecular complexity index is 810. The number of hydrogen-bond donors (Lipinski definition) is 3. The number of quaternary nitrogens is 1. The molecule has 1 saturated heterocycles. The summed E-state index contributed by atoms with van der Waals surface area (Å²) >= 11 is 0.474. The number of halogens is 2. The molecule has 0 bridgehead atoms. The van der Waals surface area contributed by atoms with Crippen molar-refractivity contribution < 1.29 is 23.3 Å². The zero-order chi connectivity index (χ0) is 20.6. The number of carbonyl (C=O) groups excluding carboxylic acids is 2. The van der Waals surface area contributed by atoms with E-state index >= 15 is 0 Å². The predicted octanol–water partition coefficient (Wildman–Crippen LogP) is 2.87. The summed E-state index contributed by atoms with van der Waals surface area (Å²) in [5.74, 6) is -2.60. The van der Waals surface area contributed by atoms with Crippen LogP contribution >= 0.6 is 11.8 Å². The maximum Gasteiger partial charge on any atom is 0.288 e. The lowest BCUT2D eigenvalue weighted by atomic mass is 9.96. The second-order valence-electron chi connectivity index (χ2n) is 7.01. The van der Waals surface area contributed by atoms with Crippen molar-refractivity contribution in [2.45, 2.75) is 23.5 Å². The smallest absolute Gasteiger partial charge is 0.288 e. The van der Waals surface area contributed by atoms with Crippen LogP contribution in [-0.2, 0) is 9.59 Å². The monoisotopic (exact) mass is 420 g/mol. The van der Waals surface area contributed by atoms with Crippen molar-refractivity contribution in [2.75, 3.05) is 30.3 Å². The van der Waals surface area contributed by atoms with Gasteiger partial charge in [-0.05, 0) is 36.4 Å². The first kappa shape index (κ1) is 21.3. The summed E-state index contributed by atoms with van der Waals surface area (Å²) in [5.41, 5.74) is 1.38. The number of alkyl halides is 2. The predicted molar refractivity (Wildman–Crippen MR) is 110 cm³/mol. The Kier molecular flexibility index (Phi) is 7.60. The molecule has 0 unspecified atom stereocenters. The number of nitrogens with one attached hydrogen (secondary N) is 3. The highest BCUT2D eigenvalue weighted by molar-refractivity contribution is 7.99. The lowest BCUT2D eigenvalue weighted by Crippen LogP contribution is -3.14. The summed E-state index contributed by atoms with van der Waals surface area (Å²) in [7, 11) is 0. The third-order valence-electron chi connectivity index (χ3n) is 4.88. The number of piperidine rings is 1. The van der Waals surface area contributed by atoms with E-state index in [1.807, 2.05) is 30.3 Å². The van der Waals surface area contributed by atoms with Crippen LogP contribution in [0.5, 0.6) is 0 Å². The zero-order valence-electron chi connectivity index (χ0n) is 15.9. The molecule has 0 aromatic heterocycles. The molecule has 0 spiro atoms. The van der Waals surface area contributed by atoms with E-state index in [9.17, 15) is 18.4 Å². The van der Waals surface area contributed by atoms with E-state index in [2.05, 4.69) is 10.6 Å². The number of likely N-dealkylation sites (tertiary alicyclic amines) is 1. The summed E-state index contributed by atoms with van der Waals surface area (Å²) in [6.07, 6.45) is 1.47. The fraction of sp³-hybridized carbons (Fsp3) is 0.333. The molecular formula is C21H24F2N3O2S+. The van der Waals surface area contributed by atoms with Gasteiger partial charge in [-0.15, -0.1) is 0 Å². The molecule has 1 heterocycles. The van der Waals surface area contributed by atoms with Gasteiger partial charge in [0.15, 0.2) is 6.54 Å². The summed E-state index contributed by atoms with van der Waals surface area (Å²) in [6, 6.07) is 15.8. The third-order valence-corrected chi connectivity index (χ3v) is 5.60. The molecule has 0 radical (unpaired) electrons. The quantitative estimate of drug-likeness (QED) is 0.604. The molecule has 29 heavy (non-hydrogen) atoms. The molecule has 5 nitrogen and oxygen atoms in total. The third kappa shape index (κ3) is 6.83. The fourth-order valence-electron chi connectivity index (χ4n) is 3.38. The lowest BCUT2D eigenvalue weighted by Gasteiger charge is -2.28. The molecule has 2 amide bonds. The highest BCUT2D eigenvalue weighted by Crippen LogP contribution is 2.26. The minimum Gasteiger partial charge on any atom is -0.327 e. The maximum absolute atomic E-state index is 12.4. The van der Waals surface area contributed by atoms with Crippen molar-refractivity contribution in [1.29, 1.82) is 0 Å². The van der Waals surface area contributed by atoms with Crippen LogP contribution in [0.15, 0.2) is 59.5 Å². The highest BCUT2D eigenvalue weighted by atomic mass is 32.2. The van der Waals surface area contributed by atoms with Gasteiger partial charge in [0.05, 0.1) is 13.1 Å². The van der Waals surface area contributed by atoms with Gasteiger partial charge in [0.1, 0.15) is 0 Å². The van der Waals surface area contributed by atoms with E-state index in [-0.39, 0.29) is 17.7 Å². The Morgan fingerprint density at radius 1 is 0.966 bits per heavy atom. The number of amides is 2. The second kappa shape index (κ2) is 10.4. The molecule has 154 valence electrons. The Hall–Kier alpha value is -2.45. The molecule has 0 saturated carbocycles. The van der Waals surface area contributed by atoms with Crippen LogP contribution in [0.2, 0.25) is 0 Å². The van der Waals surface area contributed by atoms with Gasteiger partial charge < -0.3 is 15.5 Å². The molecule has 2 aromatic rings. The summed E-state index contributed by atoms with van der Waals surface area (Å²) in [5, 5.41) is 5.74. The van der Waals surface area contributed by atoms with Crippen molar-refractivity contribution in [3.05, 3.63) is 54.6 Å². The average Bonchev–Trinajstić information content (AvgIpc) is 2.70. The van der Waals surface area contributed by atoms with Crippen LogP contribution in [-0.4, -0.2) is 37.2 Å². The van der Waals surface area contributed by atoms with Crippen molar-refractivity contribution in [3.63, 3.8) is 0 Å². The van der Waals surface area contributed by atoms with Crippen molar-refractivity contribution >= 4 is 35.0 Å². The molecule has 3 rings (SSSR count). The Balaban J connectivity index is 1.40. The molecule has 0 atom stereocenters. The number of carbonyl (C=O) groups is 2. The van der Waals surface area contributed by atoms with Crippen LogP contribution < -0.4 is 15.5 Å². The molecule has 2 aromatic carbocycles. The van der Waals surface area contributed by atoms with E-state index in [4.69, 9.17) is 0 Å². The first-order valence-electron chi connectivity index (χ1n) is 9.54. The minimum atomic E-state index is -2.46. The van der Waals surface area contributed by atoms with Crippen molar-refractivity contribution in [2.24, 2.45) is 5.92 Å². The lowest BCUT2D eigenvalue weighted by molar-refractivity contribution is -0.897. The molecule has 0 aliphatic carbocycles. The van der Waals surface area contributed by atoms with Crippen LogP contribution in [0.3, 0.4) is 0 Å². The van der Waals surface area contributed by atoms with Crippen molar-refractivity contribution in [1.82, 2.24) is 0 Å². The molecule has 8 heteroatoms. The maximum atomic E-state index is 12.4. The number of hydrogen-bond acceptors (Lipinski definition) is 3. The number of rotatable bonds is 7. The fourth-order valence-corrected chi connectivity index (χ4v) is 3.88. The standard InChI is InChI=1S/C21H23F2N3O2S/c22-21(23)29-18-8-6-17(7-9-18)24-19(27)14-26-12-10-15(11-13-26)20(28)25-16-4-2-1-3-5-16/h1-9,15,21H,10-14H2,(H,24,27)(H,25,28)/p+1. The van der Waals surface area contributed by atoms with Gasteiger partial charge in [-0.3, -0.25) is 9.59 Å². The van der Waals surface area contributed by atoms with Gasteiger partial charge in [0.25, 0.3) is 11.7 Å². The first-order chi connectivity index (χ1) is 14.0. The summed E-state index contributed by atoms with van der Waals surface area (Å²) in [4.78, 5) is 26.2. The first-order valence-corrected chi connectivity index (χ1v) is 10.4. The number of thioether (sulfide) groups is 1. The molecule has 3 N–H and O–H groups in total. The Labute approximate surface area is 172 Å². The highest BCUT2D eigenvalue weighted by Gasteiger charge is 2.28. The van der Waals surface area contributed by atoms with Gasteiger partial charge >= 0.3 is 0 Å². The van der Waals surface area contributed by atoms with Crippen LogP contribution in [0.4, 0.5) is 20.2 Å². The zero-order valence-corrected chi connectivity index (χ0v) is 16.7. The Morgan fingerprint density at radius 2 is 1.59 bits per heavy atom. The molecule has 1 aliphatic rings. The van der Waals surface area contributed by atoms with E-state index in [0.717, 1.165) is 36.5 Å². The number of para-hydroxylation sites is 1. The van der Waals surface area contributed by atoms with Gasteiger partial charge in [0.2, 0.25) is 5.91 Å². The van der Waals surface area contributed by atoms with Gasteiger partial charge in [0, 0.05) is 35.0 Å². The average molecular weight is 421 g/mol. The minimum absolute atomic E-state index is 0.0291. The van der Waals surface area contributed by atoms with Crippen LogP contribution in [0, 0.1) is 5.92 Å².